The smallest absolute Gasteiger partial charge is 0.387 e. The van der Waals surface area contributed by atoms with Gasteiger partial charge in [-0.15, -0.1) is 0 Å². The molecule has 5 nitrogen and oxygen atoms in total. The molecule has 0 aromatic heterocycles. The average molecular weight is 270 g/mol. The van der Waals surface area contributed by atoms with Gasteiger partial charge in [-0.3, -0.25) is 9.59 Å². The Labute approximate surface area is 108 Å². The quantitative estimate of drug-likeness (QED) is 0.754. The molecule has 102 valence electrons. The highest BCUT2D eigenvalue weighted by molar-refractivity contribution is 5.94. The first kappa shape index (κ1) is 14.6. The van der Waals surface area contributed by atoms with E-state index >= 15 is 0 Å². The van der Waals surface area contributed by atoms with Crippen LogP contribution >= 0.6 is 0 Å². The van der Waals surface area contributed by atoms with E-state index in [9.17, 15) is 18.4 Å². The van der Waals surface area contributed by atoms with Crippen LogP contribution in [0.15, 0.2) is 30.3 Å². The van der Waals surface area contributed by atoms with Crippen LogP contribution in [0.3, 0.4) is 0 Å². The summed E-state index contributed by atoms with van der Waals surface area (Å²) in [4.78, 5) is 21.6. The third-order valence-electron chi connectivity index (χ3n) is 1.97. The molecule has 0 aliphatic rings. The van der Waals surface area contributed by atoms with Crippen molar-refractivity contribution in [3.63, 3.8) is 0 Å². The van der Waals surface area contributed by atoms with E-state index in [0.717, 1.165) is 0 Å². The predicted octanol–water partition coefficient (Wildman–Crippen LogP) is 0.903. The van der Waals surface area contributed by atoms with Crippen molar-refractivity contribution < 1.29 is 23.1 Å². The van der Waals surface area contributed by atoms with Crippen LogP contribution in [0.4, 0.5) is 8.78 Å². The minimum Gasteiger partial charge on any atom is -0.435 e. The average Bonchev–Trinajstić information content (AvgIpc) is 2.35. The largest absolute Gasteiger partial charge is 0.435 e. The van der Waals surface area contributed by atoms with Crippen LogP contribution in [0, 0.1) is 0 Å². The second kappa shape index (κ2) is 7.10. The Balaban J connectivity index is 2.52. The highest BCUT2D eigenvalue weighted by atomic mass is 19.3. The van der Waals surface area contributed by atoms with E-state index in [4.69, 9.17) is 5.73 Å². The second-order valence-electron chi connectivity index (χ2n) is 3.46. The summed E-state index contributed by atoms with van der Waals surface area (Å²) >= 11 is 0. The number of rotatable bonds is 6. The van der Waals surface area contributed by atoms with Gasteiger partial charge in [-0.25, -0.2) is 0 Å². The van der Waals surface area contributed by atoms with E-state index in [1.54, 1.807) is 0 Å². The Hall–Kier alpha value is -2.44. The normalized spacial score (nSPS) is 10.7. The van der Waals surface area contributed by atoms with Crippen LogP contribution in [0.2, 0.25) is 0 Å². The van der Waals surface area contributed by atoms with Crippen molar-refractivity contribution in [2.24, 2.45) is 5.73 Å². The van der Waals surface area contributed by atoms with Gasteiger partial charge in [0.2, 0.25) is 11.8 Å². The first-order valence-electron chi connectivity index (χ1n) is 5.26. The van der Waals surface area contributed by atoms with Crippen molar-refractivity contribution in [1.29, 1.82) is 0 Å². The number of nitrogens with two attached hydrogens (primary N) is 1. The summed E-state index contributed by atoms with van der Waals surface area (Å²) < 4.78 is 28.0. The number of hydrogen-bond donors (Lipinski definition) is 2. The Morgan fingerprint density at radius 1 is 1.32 bits per heavy atom. The number of carbonyl (C=O) groups excluding carboxylic acids is 2. The molecule has 2 amide bonds. The van der Waals surface area contributed by atoms with Crippen LogP contribution in [-0.4, -0.2) is 25.0 Å². The monoisotopic (exact) mass is 270 g/mol. The maximum atomic E-state index is 11.9. The van der Waals surface area contributed by atoms with Crippen molar-refractivity contribution in [3.05, 3.63) is 35.9 Å². The summed E-state index contributed by atoms with van der Waals surface area (Å²) in [6, 6.07) is 5.73. The molecule has 0 aliphatic heterocycles. The SMILES string of the molecule is NC(=O)CNC(=O)/C=C/c1ccc(OC(F)F)cc1. The Bertz CT molecular complexity index is 472. The van der Waals surface area contributed by atoms with Gasteiger partial charge in [0.15, 0.2) is 0 Å². The molecule has 1 aromatic rings. The van der Waals surface area contributed by atoms with Crippen molar-refractivity contribution in [3.8, 4) is 5.75 Å². The molecule has 1 rings (SSSR count). The predicted molar refractivity (Wildman–Crippen MR) is 64.3 cm³/mol. The van der Waals surface area contributed by atoms with Gasteiger partial charge in [0.05, 0.1) is 6.54 Å². The number of carbonyl (C=O) groups is 2. The summed E-state index contributed by atoms with van der Waals surface area (Å²) in [6.45, 7) is -3.12. The lowest BCUT2D eigenvalue weighted by atomic mass is 10.2. The van der Waals surface area contributed by atoms with Gasteiger partial charge in [0.1, 0.15) is 5.75 Å². The number of ether oxygens (including phenoxy) is 1. The fourth-order valence-corrected chi connectivity index (χ4v) is 1.17. The Morgan fingerprint density at radius 2 is 1.95 bits per heavy atom. The standard InChI is InChI=1S/C12H12F2N2O3/c13-12(14)19-9-4-1-8(2-5-9)3-6-11(18)16-7-10(15)17/h1-6,12H,7H2,(H2,15,17)(H,16,18)/b6-3+. The second-order valence-corrected chi connectivity index (χ2v) is 3.46. The highest BCUT2D eigenvalue weighted by Gasteiger charge is 2.03. The van der Waals surface area contributed by atoms with Crippen molar-refractivity contribution in [2.45, 2.75) is 6.61 Å². The van der Waals surface area contributed by atoms with Gasteiger partial charge >= 0.3 is 6.61 Å². The van der Waals surface area contributed by atoms with E-state index in [-0.39, 0.29) is 12.3 Å². The molecule has 0 bridgehead atoms. The first-order valence-corrected chi connectivity index (χ1v) is 5.26. The number of primary amides is 1. The highest BCUT2D eigenvalue weighted by Crippen LogP contribution is 2.15. The van der Waals surface area contributed by atoms with Crippen molar-refractivity contribution in [2.75, 3.05) is 6.54 Å². The maximum Gasteiger partial charge on any atom is 0.387 e. The fourth-order valence-electron chi connectivity index (χ4n) is 1.17. The zero-order valence-corrected chi connectivity index (χ0v) is 9.81. The van der Waals surface area contributed by atoms with Crippen molar-refractivity contribution in [1.82, 2.24) is 5.32 Å². The van der Waals surface area contributed by atoms with E-state index < -0.39 is 18.4 Å². The van der Waals surface area contributed by atoms with Crippen LogP contribution in [0.25, 0.3) is 6.08 Å². The molecule has 7 heteroatoms. The van der Waals surface area contributed by atoms with Crippen molar-refractivity contribution >= 4 is 17.9 Å². The lowest BCUT2D eigenvalue weighted by Gasteiger charge is -2.03. The van der Waals surface area contributed by atoms with E-state index in [1.165, 1.54) is 36.4 Å². The molecule has 0 aliphatic carbocycles. The lowest BCUT2D eigenvalue weighted by Crippen LogP contribution is -2.32. The Kier molecular flexibility index (Phi) is 5.46. The number of amides is 2. The molecule has 0 atom stereocenters. The van der Waals surface area contributed by atoms with Gasteiger partial charge in [-0.1, -0.05) is 12.1 Å². The molecule has 0 radical (unpaired) electrons. The molecule has 3 N–H and O–H groups in total. The number of nitrogens with one attached hydrogen (secondary N) is 1. The van der Waals surface area contributed by atoms with Gasteiger partial charge in [0, 0.05) is 6.08 Å². The van der Waals surface area contributed by atoms with E-state index in [2.05, 4.69) is 10.1 Å². The number of halogens is 2. The molecular formula is C12H12F2N2O3. The van der Waals surface area contributed by atoms with Gasteiger partial charge in [-0.05, 0) is 23.8 Å². The minimum atomic E-state index is -2.87. The molecule has 0 unspecified atom stereocenters. The molecule has 0 saturated carbocycles. The van der Waals surface area contributed by atoms with Gasteiger partial charge < -0.3 is 15.8 Å². The number of alkyl halides is 2. The van der Waals surface area contributed by atoms with Crippen LogP contribution < -0.4 is 15.8 Å². The molecule has 1 aromatic carbocycles. The lowest BCUT2D eigenvalue weighted by molar-refractivity contribution is -0.122. The summed E-state index contributed by atoms with van der Waals surface area (Å²) in [6.07, 6.45) is 2.66. The number of hydrogen-bond acceptors (Lipinski definition) is 3. The molecule has 0 fully saturated rings. The number of benzene rings is 1. The third kappa shape index (κ3) is 6.16. The molecule has 19 heavy (non-hydrogen) atoms. The van der Waals surface area contributed by atoms with Crippen LogP contribution in [-0.2, 0) is 9.59 Å². The van der Waals surface area contributed by atoms with Gasteiger partial charge in [-0.2, -0.15) is 8.78 Å². The zero-order chi connectivity index (χ0) is 14.3. The van der Waals surface area contributed by atoms with E-state index in [0.29, 0.717) is 5.56 Å². The molecule has 0 heterocycles. The van der Waals surface area contributed by atoms with Crippen LogP contribution in [0.5, 0.6) is 5.75 Å². The Morgan fingerprint density at radius 3 is 2.47 bits per heavy atom. The fraction of sp³-hybridized carbons (Fsp3) is 0.167. The molecular weight excluding hydrogens is 258 g/mol. The van der Waals surface area contributed by atoms with Gasteiger partial charge in [0.25, 0.3) is 0 Å². The summed E-state index contributed by atoms with van der Waals surface area (Å²) in [5.41, 5.74) is 5.47. The summed E-state index contributed by atoms with van der Waals surface area (Å²) in [7, 11) is 0. The molecule has 0 spiro atoms. The minimum absolute atomic E-state index is 0.0327. The zero-order valence-electron chi connectivity index (χ0n) is 9.81. The third-order valence-corrected chi connectivity index (χ3v) is 1.97. The van der Waals surface area contributed by atoms with Crippen LogP contribution in [0.1, 0.15) is 5.56 Å². The first-order chi connectivity index (χ1) is 8.97. The summed E-state index contributed by atoms with van der Waals surface area (Å²) in [5.74, 6) is -1.09. The molecule has 0 saturated heterocycles. The topological polar surface area (TPSA) is 81.4 Å². The van der Waals surface area contributed by atoms with E-state index in [1.807, 2.05) is 0 Å². The summed E-state index contributed by atoms with van der Waals surface area (Å²) in [5, 5.41) is 2.27. The maximum absolute atomic E-state index is 11.9.